The highest BCUT2D eigenvalue weighted by Crippen LogP contribution is 2.41. The monoisotopic (exact) mass is 330 g/mol. The van der Waals surface area contributed by atoms with Crippen LogP contribution < -0.4 is 0 Å². The van der Waals surface area contributed by atoms with Gasteiger partial charge < -0.3 is 5.11 Å². The van der Waals surface area contributed by atoms with E-state index in [0.29, 0.717) is 6.08 Å². The molecule has 6 heteroatoms. The first-order valence-electron chi connectivity index (χ1n) is 6.22. The first kappa shape index (κ1) is 16.5. The smallest absolute Gasteiger partial charge is 0.373 e. The lowest BCUT2D eigenvalue weighted by Crippen LogP contribution is -2.40. The van der Waals surface area contributed by atoms with Crippen molar-refractivity contribution in [3.05, 3.63) is 76.6 Å². The van der Waals surface area contributed by atoms with Crippen molar-refractivity contribution < 1.29 is 22.7 Å². The van der Waals surface area contributed by atoms with E-state index in [9.17, 15) is 22.7 Å². The zero-order chi connectivity index (χ0) is 16.4. The van der Waals surface area contributed by atoms with Crippen LogP contribution in [0.1, 0.15) is 11.1 Å². The standard InChI is InChI=1S/C16H11ClF4O/c17-13-5-2-4-12(10-13)15(22,16(19,20)21)8-7-11-3-1-6-14(18)9-11/h1-10,22H. The van der Waals surface area contributed by atoms with E-state index in [2.05, 4.69) is 0 Å². The van der Waals surface area contributed by atoms with Crippen molar-refractivity contribution in [3.8, 4) is 0 Å². The molecule has 0 aliphatic rings. The zero-order valence-corrected chi connectivity index (χ0v) is 11.9. The van der Waals surface area contributed by atoms with E-state index in [-0.39, 0.29) is 10.6 Å². The molecular weight excluding hydrogens is 320 g/mol. The minimum Gasteiger partial charge on any atom is -0.373 e. The SMILES string of the molecule is OC(C=Cc1cccc(F)c1)(c1cccc(Cl)c1)C(F)(F)F. The van der Waals surface area contributed by atoms with Gasteiger partial charge in [-0.15, -0.1) is 0 Å². The molecular formula is C16H11ClF4O. The van der Waals surface area contributed by atoms with E-state index in [1.54, 1.807) is 0 Å². The average molecular weight is 331 g/mol. The lowest BCUT2D eigenvalue weighted by Gasteiger charge is -2.28. The third-order valence-corrected chi connectivity index (χ3v) is 3.30. The summed E-state index contributed by atoms with van der Waals surface area (Å²) >= 11 is 5.69. The van der Waals surface area contributed by atoms with Gasteiger partial charge in [0.05, 0.1) is 0 Å². The molecule has 0 fully saturated rings. The van der Waals surface area contributed by atoms with Crippen LogP contribution >= 0.6 is 11.6 Å². The van der Waals surface area contributed by atoms with Crippen molar-refractivity contribution in [2.45, 2.75) is 11.8 Å². The molecule has 0 radical (unpaired) electrons. The molecule has 2 aromatic rings. The lowest BCUT2D eigenvalue weighted by atomic mass is 9.92. The maximum absolute atomic E-state index is 13.3. The van der Waals surface area contributed by atoms with Crippen molar-refractivity contribution in [3.63, 3.8) is 0 Å². The molecule has 1 atom stereocenters. The van der Waals surface area contributed by atoms with E-state index >= 15 is 0 Å². The Kier molecular flexibility index (Phi) is 4.58. The number of rotatable bonds is 3. The Hall–Kier alpha value is -1.85. The van der Waals surface area contributed by atoms with Gasteiger partial charge in [-0.05, 0) is 41.5 Å². The molecule has 0 bridgehead atoms. The molecule has 0 saturated carbocycles. The first-order valence-corrected chi connectivity index (χ1v) is 6.60. The predicted molar refractivity (Wildman–Crippen MR) is 76.8 cm³/mol. The minimum atomic E-state index is -4.96. The summed E-state index contributed by atoms with van der Waals surface area (Å²) in [7, 11) is 0. The molecule has 0 aromatic heterocycles. The lowest BCUT2D eigenvalue weighted by molar-refractivity contribution is -0.244. The van der Waals surface area contributed by atoms with Gasteiger partial charge in [0, 0.05) is 5.02 Å². The number of hydrogen-bond donors (Lipinski definition) is 1. The van der Waals surface area contributed by atoms with Crippen molar-refractivity contribution in [1.82, 2.24) is 0 Å². The number of hydrogen-bond acceptors (Lipinski definition) is 1. The van der Waals surface area contributed by atoms with Crippen LogP contribution in [0.15, 0.2) is 54.6 Å². The Morgan fingerprint density at radius 1 is 1.00 bits per heavy atom. The van der Waals surface area contributed by atoms with Crippen molar-refractivity contribution in [2.75, 3.05) is 0 Å². The Balaban J connectivity index is 2.47. The molecule has 0 aliphatic carbocycles. The van der Waals surface area contributed by atoms with Crippen molar-refractivity contribution in [2.24, 2.45) is 0 Å². The number of halogens is 5. The molecule has 0 saturated heterocycles. The summed E-state index contributed by atoms with van der Waals surface area (Å²) in [6, 6.07) is 9.88. The van der Waals surface area contributed by atoms with Gasteiger partial charge in [0.15, 0.2) is 0 Å². The van der Waals surface area contributed by atoms with E-state index in [1.807, 2.05) is 0 Å². The summed E-state index contributed by atoms with van der Waals surface area (Å²) in [4.78, 5) is 0. The van der Waals surface area contributed by atoms with Gasteiger partial charge in [-0.2, -0.15) is 13.2 Å². The maximum Gasteiger partial charge on any atom is 0.425 e. The Morgan fingerprint density at radius 2 is 1.68 bits per heavy atom. The molecule has 22 heavy (non-hydrogen) atoms. The predicted octanol–water partition coefficient (Wildman–Crippen LogP) is 4.94. The highest BCUT2D eigenvalue weighted by Gasteiger charge is 2.53. The molecule has 116 valence electrons. The normalized spacial score (nSPS) is 15.0. The van der Waals surface area contributed by atoms with E-state index in [0.717, 1.165) is 24.3 Å². The van der Waals surface area contributed by atoms with Crippen LogP contribution in [0.2, 0.25) is 5.02 Å². The zero-order valence-electron chi connectivity index (χ0n) is 11.1. The van der Waals surface area contributed by atoms with Crippen LogP contribution in [-0.2, 0) is 5.60 Å². The second-order valence-electron chi connectivity index (χ2n) is 4.66. The Bertz CT molecular complexity index is 697. The van der Waals surface area contributed by atoms with Crippen LogP contribution in [0.4, 0.5) is 17.6 Å². The van der Waals surface area contributed by atoms with Crippen LogP contribution in [0.5, 0.6) is 0 Å². The first-order chi connectivity index (χ1) is 10.2. The summed E-state index contributed by atoms with van der Waals surface area (Å²) in [5.74, 6) is -0.583. The van der Waals surface area contributed by atoms with Gasteiger partial charge in [-0.25, -0.2) is 4.39 Å². The van der Waals surface area contributed by atoms with Gasteiger partial charge >= 0.3 is 6.18 Å². The molecule has 1 unspecified atom stereocenters. The van der Waals surface area contributed by atoms with Gasteiger partial charge in [-0.1, -0.05) is 41.9 Å². The fraction of sp³-hybridized carbons (Fsp3) is 0.125. The third-order valence-electron chi connectivity index (χ3n) is 3.06. The minimum absolute atomic E-state index is 0.0688. The Labute approximate surface area is 129 Å². The van der Waals surface area contributed by atoms with Crippen molar-refractivity contribution >= 4 is 17.7 Å². The highest BCUT2D eigenvalue weighted by atomic mass is 35.5. The summed E-state index contributed by atoms with van der Waals surface area (Å²) in [6.45, 7) is 0. The molecule has 0 amide bonds. The molecule has 1 N–H and O–H groups in total. The summed E-state index contributed by atoms with van der Waals surface area (Å²) in [6.07, 6.45) is -3.37. The second kappa shape index (κ2) is 6.10. The van der Waals surface area contributed by atoms with Crippen LogP contribution in [0.3, 0.4) is 0 Å². The third kappa shape index (κ3) is 3.48. The fourth-order valence-electron chi connectivity index (χ4n) is 1.91. The fourth-order valence-corrected chi connectivity index (χ4v) is 2.10. The van der Waals surface area contributed by atoms with Crippen LogP contribution in [0.25, 0.3) is 6.08 Å². The average Bonchev–Trinajstić information content (AvgIpc) is 2.43. The van der Waals surface area contributed by atoms with Crippen LogP contribution in [-0.4, -0.2) is 11.3 Å². The van der Waals surface area contributed by atoms with Gasteiger partial charge in [-0.3, -0.25) is 0 Å². The summed E-state index contributed by atoms with van der Waals surface area (Å²) < 4.78 is 52.9. The maximum atomic E-state index is 13.3. The molecule has 0 aliphatic heterocycles. The van der Waals surface area contributed by atoms with Gasteiger partial charge in [0.25, 0.3) is 0 Å². The second-order valence-corrected chi connectivity index (χ2v) is 5.10. The largest absolute Gasteiger partial charge is 0.425 e. The Morgan fingerprint density at radius 3 is 2.27 bits per heavy atom. The topological polar surface area (TPSA) is 20.2 Å². The molecule has 1 nitrogen and oxygen atoms in total. The van der Waals surface area contributed by atoms with Gasteiger partial charge in [0.1, 0.15) is 5.82 Å². The quantitative estimate of drug-likeness (QED) is 0.790. The van der Waals surface area contributed by atoms with Crippen molar-refractivity contribution in [1.29, 1.82) is 0 Å². The summed E-state index contributed by atoms with van der Waals surface area (Å²) in [5, 5.41) is 10.2. The molecule has 2 rings (SSSR count). The van der Waals surface area contributed by atoms with Crippen LogP contribution in [0, 0.1) is 5.82 Å². The number of aliphatic hydroxyl groups is 1. The van der Waals surface area contributed by atoms with E-state index < -0.39 is 23.2 Å². The molecule has 2 aromatic carbocycles. The summed E-state index contributed by atoms with van der Waals surface area (Å²) in [5.41, 5.74) is -3.44. The molecule has 0 spiro atoms. The van der Waals surface area contributed by atoms with Gasteiger partial charge in [0.2, 0.25) is 5.60 Å². The number of benzene rings is 2. The molecule has 0 heterocycles. The highest BCUT2D eigenvalue weighted by molar-refractivity contribution is 6.30. The number of alkyl halides is 3. The van der Waals surface area contributed by atoms with E-state index in [1.165, 1.54) is 30.3 Å². The van der Waals surface area contributed by atoms with E-state index in [4.69, 9.17) is 11.6 Å².